The number of carbonyl (C=O) groups is 1. The summed E-state index contributed by atoms with van der Waals surface area (Å²) in [5.74, 6) is -1.67. The SMILES string of the molecule is CC(=O)c1c(F)ccc(F)c1C. The lowest BCUT2D eigenvalue weighted by atomic mass is 10.0. The fourth-order valence-corrected chi connectivity index (χ4v) is 1.09. The molecule has 64 valence electrons. The quantitative estimate of drug-likeness (QED) is 0.592. The Morgan fingerprint density at radius 3 is 2.17 bits per heavy atom. The lowest BCUT2D eigenvalue weighted by Gasteiger charge is -2.03. The Kier molecular flexibility index (Phi) is 2.22. The second-order valence-corrected chi connectivity index (χ2v) is 2.59. The molecule has 0 saturated carbocycles. The van der Waals surface area contributed by atoms with Gasteiger partial charge in [-0.05, 0) is 31.5 Å². The number of Topliss-reactive ketones (excluding diaryl/α,β-unsaturated/α-hetero) is 1. The maximum Gasteiger partial charge on any atom is 0.163 e. The molecule has 0 bridgehead atoms. The summed E-state index contributed by atoms with van der Waals surface area (Å²) in [6, 6.07) is 1.97. The van der Waals surface area contributed by atoms with Gasteiger partial charge in [0.25, 0.3) is 0 Å². The van der Waals surface area contributed by atoms with Crippen LogP contribution in [-0.2, 0) is 0 Å². The number of rotatable bonds is 1. The Morgan fingerprint density at radius 2 is 1.75 bits per heavy atom. The van der Waals surface area contributed by atoms with Crippen molar-refractivity contribution in [2.45, 2.75) is 13.8 Å². The van der Waals surface area contributed by atoms with Crippen LogP contribution in [0.2, 0.25) is 0 Å². The highest BCUT2D eigenvalue weighted by atomic mass is 19.1. The molecule has 0 saturated heterocycles. The van der Waals surface area contributed by atoms with Gasteiger partial charge in [0.05, 0.1) is 5.56 Å². The van der Waals surface area contributed by atoms with Crippen molar-refractivity contribution in [3.63, 3.8) is 0 Å². The van der Waals surface area contributed by atoms with Crippen molar-refractivity contribution in [2.75, 3.05) is 0 Å². The highest BCUT2D eigenvalue weighted by Gasteiger charge is 2.13. The molecular weight excluding hydrogens is 162 g/mol. The van der Waals surface area contributed by atoms with Crippen LogP contribution in [0.4, 0.5) is 8.78 Å². The molecule has 1 rings (SSSR count). The number of benzene rings is 1. The van der Waals surface area contributed by atoms with E-state index in [1.165, 1.54) is 13.8 Å². The number of hydrogen-bond donors (Lipinski definition) is 0. The molecule has 0 fully saturated rings. The normalized spacial score (nSPS) is 10.0. The zero-order chi connectivity index (χ0) is 9.30. The summed E-state index contributed by atoms with van der Waals surface area (Å²) in [5.41, 5.74) is -0.0856. The van der Waals surface area contributed by atoms with Crippen molar-refractivity contribution in [3.05, 3.63) is 34.9 Å². The second kappa shape index (κ2) is 3.01. The Morgan fingerprint density at radius 1 is 1.25 bits per heavy atom. The van der Waals surface area contributed by atoms with Crippen LogP contribution >= 0.6 is 0 Å². The molecule has 0 amide bonds. The predicted molar refractivity (Wildman–Crippen MR) is 41.1 cm³/mol. The van der Waals surface area contributed by atoms with Gasteiger partial charge in [-0.3, -0.25) is 4.79 Å². The summed E-state index contributed by atoms with van der Waals surface area (Å²) in [5, 5.41) is 0. The van der Waals surface area contributed by atoms with Crippen molar-refractivity contribution in [2.24, 2.45) is 0 Å². The zero-order valence-corrected chi connectivity index (χ0v) is 6.82. The Labute approximate surface area is 69.0 Å². The van der Waals surface area contributed by atoms with Gasteiger partial charge in [0.15, 0.2) is 5.78 Å². The summed E-state index contributed by atoms with van der Waals surface area (Å²) in [6.07, 6.45) is 0. The van der Waals surface area contributed by atoms with Gasteiger partial charge >= 0.3 is 0 Å². The summed E-state index contributed by atoms with van der Waals surface area (Å²) in [4.78, 5) is 10.8. The third-order valence-corrected chi connectivity index (χ3v) is 1.70. The Hall–Kier alpha value is -1.25. The van der Waals surface area contributed by atoms with Crippen molar-refractivity contribution in [1.82, 2.24) is 0 Å². The number of carbonyl (C=O) groups excluding carboxylic acids is 1. The van der Waals surface area contributed by atoms with Crippen LogP contribution in [0.1, 0.15) is 22.8 Å². The predicted octanol–water partition coefficient (Wildman–Crippen LogP) is 2.48. The average molecular weight is 170 g/mol. The average Bonchev–Trinajstić information content (AvgIpc) is 1.97. The second-order valence-electron chi connectivity index (χ2n) is 2.59. The third-order valence-electron chi connectivity index (χ3n) is 1.70. The van der Waals surface area contributed by atoms with E-state index in [4.69, 9.17) is 0 Å². The van der Waals surface area contributed by atoms with Crippen molar-refractivity contribution in [1.29, 1.82) is 0 Å². The molecule has 0 heterocycles. The van der Waals surface area contributed by atoms with Gasteiger partial charge in [-0.2, -0.15) is 0 Å². The monoisotopic (exact) mass is 170 g/mol. The smallest absolute Gasteiger partial charge is 0.163 e. The molecule has 0 aliphatic heterocycles. The van der Waals surface area contributed by atoms with E-state index in [9.17, 15) is 13.6 Å². The van der Waals surface area contributed by atoms with Crippen molar-refractivity contribution < 1.29 is 13.6 Å². The molecular formula is C9H8F2O. The van der Waals surface area contributed by atoms with Crippen LogP contribution in [0.25, 0.3) is 0 Å². The van der Waals surface area contributed by atoms with Crippen molar-refractivity contribution >= 4 is 5.78 Å². The van der Waals surface area contributed by atoms with E-state index in [0.717, 1.165) is 12.1 Å². The molecule has 0 N–H and O–H groups in total. The van der Waals surface area contributed by atoms with Gasteiger partial charge in [0, 0.05) is 0 Å². The first kappa shape index (κ1) is 8.84. The molecule has 0 atom stereocenters. The minimum atomic E-state index is -0.665. The Balaban J connectivity index is 3.43. The lowest BCUT2D eigenvalue weighted by Crippen LogP contribution is -2.02. The fourth-order valence-electron chi connectivity index (χ4n) is 1.09. The van der Waals surface area contributed by atoms with Gasteiger partial charge in [0.1, 0.15) is 11.6 Å². The third kappa shape index (κ3) is 1.35. The minimum Gasteiger partial charge on any atom is -0.294 e. The van der Waals surface area contributed by atoms with Crippen LogP contribution in [0, 0.1) is 18.6 Å². The van der Waals surface area contributed by atoms with Gasteiger partial charge in [-0.25, -0.2) is 8.78 Å². The molecule has 0 aromatic heterocycles. The number of halogens is 2. The van der Waals surface area contributed by atoms with E-state index in [1.807, 2.05) is 0 Å². The molecule has 1 aromatic carbocycles. The number of hydrogen-bond acceptors (Lipinski definition) is 1. The lowest BCUT2D eigenvalue weighted by molar-refractivity contribution is 0.101. The molecule has 0 radical (unpaired) electrons. The molecule has 0 aliphatic rings. The van der Waals surface area contributed by atoms with Gasteiger partial charge in [-0.15, -0.1) is 0 Å². The van der Waals surface area contributed by atoms with Crippen LogP contribution < -0.4 is 0 Å². The van der Waals surface area contributed by atoms with E-state index in [2.05, 4.69) is 0 Å². The molecule has 3 heteroatoms. The number of ketones is 1. The van der Waals surface area contributed by atoms with Gasteiger partial charge < -0.3 is 0 Å². The van der Waals surface area contributed by atoms with Crippen molar-refractivity contribution in [3.8, 4) is 0 Å². The summed E-state index contributed by atoms with van der Waals surface area (Å²) >= 11 is 0. The molecule has 0 spiro atoms. The molecule has 12 heavy (non-hydrogen) atoms. The zero-order valence-electron chi connectivity index (χ0n) is 6.82. The summed E-state index contributed by atoms with van der Waals surface area (Å²) < 4.78 is 25.7. The molecule has 0 unspecified atom stereocenters. The first-order valence-electron chi connectivity index (χ1n) is 3.49. The summed E-state index contributed by atoms with van der Waals surface area (Å²) in [7, 11) is 0. The largest absolute Gasteiger partial charge is 0.294 e. The van der Waals surface area contributed by atoms with Crippen LogP contribution in [0.3, 0.4) is 0 Å². The van der Waals surface area contributed by atoms with E-state index in [1.54, 1.807) is 0 Å². The maximum absolute atomic E-state index is 12.9. The standard InChI is InChI=1S/C9H8F2O/c1-5-7(10)3-4-8(11)9(5)6(2)12/h3-4H,1-2H3. The fraction of sp³-hybridized carbons (Fsp3) is 0.222. The first-order chi connectivity index (χ1) is 5.54. The topological polar surface area (TPSA) is 17.1 Å². The summed E-state index contributed by atoms with van der Waals surface area (Å²) in [6.45, 7) is 2.60. The first-order valence-corrected chi connectivity index (χ1v) is 3.49. The highest BCUT2D eigenvalue weighted by molar-refractivity contribution is 5.95. The van der Waals surface area contributed by atoms with Crippen LogP contribution in [-0.4, -0.2) is 5.78 Å². The van der Waals surface area contributed by atoms with E-state index >= 15 is 0 Å². The molecule has 1 aromatic rings. The van der Waals surface area contributed by atoms with Gasteiger partial charge in [0.2, 0.25) is 0 Å². The maximum atomic E-state index is 12.9. The molecule has 1 nitrogen and oxygen atoms in total. The minimum absolute atomic E-state index is 0.0718. The van der Waals surface area contributed by atoms with E-state index < -0.39 is 17.4 Å². The van der Waals surface area contributed by atoms with Gasteiger partial charge in [-0.1, -0.05) is 0 Å². The van der Waals surface area contributed by atoms with E-state index in [-0.39, 0.29) is 11.1 Å². The van der Waals surface area contributed by atoms with Crippen LogP contribution in [0.5, 0.6) is 0 Å². The highest BCUT2D eigenvalue weighted by Crippen LogP contribution is 2.16. The van der Waals surface area contributed by atoms with Crippen LogP contribution in [0.15, 0.2) is 12.1 Å². The molecule has 0 aliphatic carbocycles. The Bertz CT molecular complexity index is 332. The van der Waals surface area contributed by atoms with E-state index in [0.29, 0.717) is 0 Å².